The Hall–Kier alpha value is -3.73. The topological polar surface area (TPSA) is 57.4 Å². The Labute approximate surface area is 188 Å². The number of benzene rings is 3. The number of para-hydroxylation sites is 1. The lowest BCUT2D eigenvalue weighted by molar-refractivity contribution is 0.215. The number of nitrogens with one attached hydrogen (secondary N) is 2. The normalized spacial score (nSPS) is 12.9. The molecule has 0 radical (unpaired) electrons. The molecule has 1 aliphatic heterocycles. The van der Waals surface area contributed by atoms with E-state index in [4.69, 9.17) is 4.74 Å². The van der Waals surface area contributed by atoms with Gasteiger partial charge in [-0.3, -0.25) is 5.32 Å². The number of carbonyl (C=O) groups excluding carboxylic acids is 1. The van der Waals surface area contributed by atoms with E-state index in [-0.39, 0.29) is 0 Å². The van der Waals surface area contributed by atoms with Crippen molar-refractivity contribution in [1.82, 2.24) is 4.98 Å². The Morgan fingerprint density at radius 3 is 2.72 bits per heavy atom. The number of hydrogen-bond acceptors (Lipinski definition) is 3. The van der Waals surface area contributed by atoms with Crippen LogP contribution in [0.25, 0.3) is 10.9 Å². The lowest BCUT2D eigenvalue weighted by atomic mass is 10.0. The second-order valence-electron chi connectivity index (χ2n) is 8.61. The van der Waals surface area contributed by atoms with Crippen LogP contribution in [-0.4, -0.2) is 17.6 Å². The maximum Gasteiger partial charge on any atom is 0.417 e. The van der Waals surface area contributed by atoms with E-state index in [2.05, 4.69) is 59.5 Å². The minimum atomic E-state index is -0.476. The highest BCUT2D eigenvalue weighted by atomic mass is 16.6. The minimum Gasteiger partial charge on any atom is -0.410 e. The summed E-state index contributed by atoms with van der Waals surface area (Å²) in [6.45, 7) is 6.10. The van der Waals surface area contributed by atoms with E-state index >= 15 is 0 Å². The summed E-state index contributed by atoms with van der Waals surface area (Å²) in [6, 6.07) is 22.1. The van der Waals surface area contributed by atoms with Crippen molar-refractivity contribution in [3.8, 4) is 5.75 Å². The molecular weight excluding hydrogens is 398 g/mol. The average molecular weight is 426 g/mol. The number of aromatic nitrogens is 1. The Balaban J connectivity index is 1.25. The van der Waals surface area contributed by atoms with E-state index in [0.717, 1.165) is 25.2 Å². The van der Waals surface area contributed by atoms with Crippen LogP contribution in [-0.2, 0) is 13.0 Å². The quantitative estimate of drug-likeness (QED) is 0.385. The average Bonchev–Trinajstić information content (AvgIpc) is 3.38. The fourth-order valence-electron chi connectivity index (χ4n) is 4.35. The van der Waals surface area contributed by atoms with Crippen LogP contribution in [0.4, 0.5) is 16.2 Å². The Morgan fingerprint density at radius 1 is 1.09 bits per heavy atom. The van der Waals surface area contributed by atoms with Crippen LogP contribution >= 0.6 is 0 Å². The molecule has 0 aliphatic carbocycles. The van der Waals surface area contributed by atoms with Crippen LogP contribution in [0, 0.1) is 0 Å². The number of hydrogen-bond donors (Lipinski definition) is 2. The zero-order chi connectivity index (χ0) is 22.1. The zero-order valence-corrected chi connectivity index (χ0v) is 18.4. The van der Waals surface area contributed by atoms with E-state index in [1.54, 1.807) is 0 Å². The molecule has 0 fully saturated rings. The van der Waals surface area contributed by atoms with Crippen molar-refractivity contribution >= 4 is 28.4 Å². The molecule has 1 amide bonds. The fraction of sp³-hybridized carbons (Fsp3) is 0.222. The fourth-order valence-corrected chi connectivity index (χ4v) is 4.35. The number of rotatable bonds is 5. The van der Waals surface area contributed by atoms with Gasteiger partial charge in [-0.05, 0) is 65.4 Å². The van der Waals surface area contributed by atoms with Crippen molar-refractivity contribution < 1.29 is 9.53 Å². The third-order valence-corrected chi connectivity index (χ3v) is 6.11. The van der Waals surface area contributed by atoms with Gasteiger partial charge < -0.3 is 14.6 Å². The number of nitrogens with zero attached hydrogens (tertiary/aromatic N) is 1. The molecule has 5 nitrogen and oxygen atoms in total. The number of fused-ring (bicyclic) bond motifs is 2. The van der Waals surface area contributed by atoms with E-state index in [9.17, 15) is 4.79 Å². The van der Waals surface area contributed by atoms with E-state index in [1.165, 1.54) is 33.3 Å². The second-order valence-corrected chi connectivity index (χ2v) is 8.61. The summed E-state index contributed by atoms with van der Waals surface area (Å²) in [5.74, 6) is 0.984. The summed E-state index contributed by atoms with van der Waals surface area (Å²) in [6.07, 6.45) is 2.58. The molecule has 2 heterocycles. The van der Waals surface area contributed by atoms with Crippen LogP contribution in [0.1, 0.15) is 36.5 Å². The van der Waals surface area contributed by atoms with Gasteiger partial charge in [-0.1, -0.05) is 44.2 Å². The van der Waals surface area contributed by atoms with Gasteiger partial charge in [0.25, 0.3) is 0 Å². The van der Waals surface area contributed by atoms with Crippen molar-refractivity contribution in [1.29, 1.82) is 0 Å². The Morgan fingerprint density at radius 2 is 1.91 bits per heavy atom. The number of carbonyl (C=O) groups is 1. The summed E-state index contributed by atoms with van der Waals surface area (Å²) < 4.78 is 5.44. The second kappa shape index (κ2) is 8.42. The van der Waals surface area contributed by atoms with Crippen LogP contribution in [0.2, 0.25) is 0 Å². The highest BCUT2D eigenvalue weighted by molar-refractivity contribution is 5.87. The molecule has 5 heteroatoms. The molecule has 5 rings (SSSR count). The van der Waals surface area contributed by atoms with Crippen LogP contribution in [0.5, 0.6) is 5.75 Å². The molecule has 0 atom stereocenters. The number of ether oxygens (including phenoxy) is 1. The van der Waals surface area contributed by atoms with Gasteiger partial charge in [-0.2, -0.15) is 0 Å². The summed E-state index contributed by atoms with van der Waals surface area (Å²) in [5.41, 5.74) is 6.89. The van der Waals surface area contributed by atoms with Crippen molar-refractivity contribution in [3.63, 3.8) is 0 Å². The molecular formula is C27H27N3O2. The molecule has 1 aliphatic rings. The Kier molecular flexibility index (Phi) is 5.31. The van der Waals surface area contributed by atoms with E-state index in [1.807, 2.05) is 42.5 Å². The molecule has 162 valence electrons. The molecule has 3 aromatic carbocycles. The Bertz CT molecular complexity index is 1260. The first kappa shape index (κ1) is 20.2. The maximum atomic E-state index is 12.4. The standard InChI is InChI=1S/C27H27N3O2/c1-18(2)19-7-10-23(11-8-19)32-27(31)29-22-9-12-26-20(15-22)13-14-30(26)17-21-16-28-25-6-4-3-5-24(21)25/h3-12,15-16,18,28H,13-14,17H2,1-2H3,(H,29,31). The molecule has 32 heavy (non-hydrogen) atoms. The van der Waals surface area contributed by atoms with Gasteiger partial charge in [-0.15, -0.1) is 0 Å². The minimum absolute atomic E-state index is 0.444. The summed E-state index contributed by atoms with van der Waals surface area (Å²) in [4.78, 5) is 18.1. The summed E-state index contributed by atoms with van der Waals surface area (Å²) in [5, 5.41) is 4.12. The van der Waals surface area contributed by atoms with Crippen LogP contribution in [0.3, 0.4) is 0 Å². The smallest absolute Gasteiger partial charge is 0.410 e. The number of amides is 1. The summed E-state index contributed by atoms with van der Waals surface area (Å²) in [7, 11) is 0. The molecule has 2 N–H and O–H groups in total. The SMILES string of the molecule is CC(C)c1ccc(OC(=O)Nc2ccc3c(c2)CCN3Cc2c[nH]c3ccccc23)cc1. The van der Waals surface area contributed by atoms with E-state index in [0.29, 0.717) is 11.7 Å². The van der Waals surface area contributed by atoms with Crippen molar-refractivity contribution in [3.05, 3.63) is 89.6 Å². The molecule has 0 spiro atoms. The van der Waals surface area contributed by atoms with Crippen LogP contribution < -0.4 is 15.0 Å². The number of H-pyrrole nitrogens is 1. The molecule has 4 aromatic rings. The lowest BCUT2D eigenvalue weighted by Crippen LogP contribution is -2.19. The molecule has 1 aromatic heterocycles. The first-order valence-corrected chi connectivity index (χ1v) is 11.1. The zero-order valence-electron chi connectivity index (χ0n) is 18.4. The van der Waals surface area contributed by atoms with Crippen molar-refractivity contribution in [2.24, 2.45) is 0 Å². The number of anilines is 2. The van der Waals surface area contributed by atoms with E-state index < -0.39 is 6.09 Å². The maximum absolute atomic E-state index is 12.4. The first-order chi connectivity index (χ1) is 15.6. The molecule has 0 unspecified atom stereocenters. The van der Waals surface area contributed by atoms with Gasteiger partial charge >= 0.3 is 6.09 Å². The van der Waals surface area contributed by atoms with Gasteiger partial charge in [0.2, 0.25) is 0 Å². The molecule has 0 saturated carbocycles. The molecule has 0 bridgehead atoms. The first-order valence-electron chi connectivity index (χ1n) is 11.1. The predicted octanol–water partition coefficient (Wildman–Crippen LogP) is 6.46. The van der Waals surface area contributed by atoms with Crippen molar-refractivity contribution in [2.45, 2.75) is 32.7 Å². The van der Waals surface area contributed by atoms with Gasteiger partial charge in [0.05, 0.1) is 0 Å². The highest BCUT2D eigenvalue weighted by Crippen LogP contribution is 2.33. The van der Waals surface area contributed by atoms with Crippen molar-refractivity contribution in [2.75, 3.05) is 16.8 Å². The third kappa shape index (κ3) is 4.06. The van der Waals surface area contributed by atoms with Gasteiger partial charge in [-0.25, -0.2) is 4.79 Å². The van der Waals surface area contributed by atoms with Gasteiger partial charge in [0.15, 0.2) is 0 Å². The van der Waals surface area contributed by atoms with Crippen LogP contribution in [0.15, 0.2) is 72.9 Å². The van der Waals surface area contributed by atoms with Gasteiger partial charge in [0.1, 0.15) is 5.75 Å². The third-order valence-electron chi connectivity index (χ3n) is 6.11. The van der Waals surface area contributed by atoms with Gasteiger partial charge in [0, 0.05) is 41.6 Å². The molecule has 0 saturated heterocycles. The number of aromatic amines is 1. The predicted molar refractivity (Wildman–Crippen MR) is 130 cm³/mol. The largest absolute Gasteiger partial charge is 0.417 e. The highest BCUT2D eigenvalue weighted by Gasteiger charge is 2.21. The summed E-state index contributed by atoms with van der Waals surface area (Å²) >= 11 is 0. The lowest BCUT2D eigenvalue weighted by Gasteiger charge is -2.19. The monoisotopic (exact) mass is 425 g/mol.